The fourth-order valence-electron chi connectivity index (χ4n) is 2.47. The molecule has 0 fully saturated rings. The van der Waals surface area contributed by atoms with E-state index >= 15 is 0 Å². The molecular weight excluding hydrogens is 358 g/mol. The van der Waals surface area contributed by atoms with Crippen molar-refractivity contribution in [2.24, 2.45) is 0 Å². The maximum atomic E-state index is 13.1. The zero-order valence-corrected chi connectivity index (χ0v) is 14.2. The summed E-state index contributed by atoms with van der Waals surface area (Å²) in [5.74, 6) is 0.370. The molecule has 1 aromatic carbocycles. The van der Waals surface area contributed by atoms with E-state index in [1.165, 1.54) is 6.26 Å². The number of benzene rings is 1. The zero-order chi connectivity index (χ0) is 16.3. The number of alkyl halides is 1. The molecule has 2 aromatic rings. The molecule has 1 aromatic heterocycles. The second-order valence-corrected chi connectivity index (χ2v) is 6.51. The molecule has 0 saturated heterocycles. The van der Waals surface area contributed by atoms with Crippen LogP contribution in [0.25, 0.3) is 0 Å². The van der Waals surface area contributed by atoms with Gasteiger partial charge in [-0.25, -0.2) is 0 Å². The number of carbonyl (C=O) groups excluding carboxylic acids is 1. The Morgan fingerprint density at radius 2 is 2.00 bits per heavy atom. The van der Waals surface area contributed by atoms with E-state index in [0.29, 0.717) is 11.5 Å². The second kappa shape index (κ2) is 6.54. The summed E-state index contributed by atoms with van der Waals surface area (Å²) in [6.07, 6.45) is 1.74. The van der Waals surface area contributed by atoms with Gasteiger partial charge < -0.3 is 9.47 Å². The Morgan fingerprint density at radius 1 is 1.22 bits per heavy atom. The van der Waals surface area contributed by atoms with Crippen LogP contribution in [0, 0.1) is 6.92 Å². The van der Waals surface area contributed by atoms with Gasteiger partial charge in [0.25, 0.3) is 0 Å². The number of halogens is 1. The van der Waals surface area contributed by atoms with Crippen LogP contribution in [0.1, 0.15) is 17.0 Å². The molecule has 4 nitrogen and oxygen atoms in total. The minimum atomic E-state index is -1.15. The lowest BCUT2D eigenvalue weighted by Crippen LogP contribution is -2.34. The van der Waals surface area contributed by atoms with Crippen LogP contribution in [-0.4, -0.2) is 17.6 Å². The average molecular weight is 374 g/mol. The van der Waals surface area contributed by atoms with E-state index in [2.05, 4.69) is 20.9 Å². The van der Waals surface area contributed by atoms with Gasteiger partial charge in [-0.2, -0.15) is 0 Å². The number of ether oxygens (including phenoxy) is 2. The van der Waals surface area contributed by atoms with Gasteiger partial charge in [-0.05, 0) is 24.6 Å². The van der Waals surface area contributed by atoms with Crippen molar-refractivity contribution in [1.29, 1.82) is 0 Å². The van der Waals surface area contributed by atoms with Crippen molar-refractivity contribution in [3.8, 4) is 0 Å². The minimum Gasteiger partial charge on any atom is -0.462 e. The molecule has 0 radical (unpaired) electrons. The van der Waals surface area contributed by atoms with Gasteiger partial charge in [0.15, 0.2) is 15.9 Å². The van der Waals surface area contributed by atoms with Crippen LogP contribution in [0.2, 0.25) is 0 Å². The summed E-state index contributed by atoms with van der Waals surface area (Å²) in [5, 5.41) is 0. The van der Waals surface area contributed by atoms with Gasteiger partial charge in [0, 0.05) is 12.1 Å². The van der Waals surface area contributed by atoms with Crippen molar-refractivity contribution in [1.82, 2.24) is 4.98 Å². The Labute approximate surface area is 143 Å². The lowest BCUT2D eigenvalue weighted by Gasteiger charge is -2.25. The monoisotopic (exact) mass is 373 g/mol. The Kier molecular flexibility index (Phi) is 4.48. The lowest BCUT2D eigenvalue weighted by molar-refractivity contribution is -0.120. The minimum absolute atomic E-state index is 0.0569. The molecule has 0 amide bonds. The van der Waals surface area contributed by atoms with Gasteiger partial charge in [-0.15, -0.1) is 0 Å². The van der Waals surface area contributed by atoms with Crippen molar-refractivity contribution in [2.45, 2.75) is 17.7 Å². The Hall–Kier alpha value is -2.14. The Balaban J connectivity index is 2.00. The first-order valence-electron chi connectivity index (χ1n) is 7.26. The number of hydrogen-bond donors (Lipinski definition) is 0. The maximum absolute atomic E-state index is 13.1. The van der Waals surface area contributed by atoms with E-state index in [1.807, 2.05) is 55.5 Å². The van der Waals surface area contributed by atoms with Crippen molar-refractivity contribution < 1.29 is 14.3 Å². The molecule has 0 N–H and O–H groups in total. The molecule has 1 aliphatic heterocycles. The van der Waals surface area contributed by atoms with Crippen LogP contribution >= 0.6 is 15.9 Å². The van der Waals surface area contributed by atoms with Crippen LogP contribution in [-0.2, 0) is 25.0 Å². The number of carbonyl (C=O) groups is 1. The number of pyridine rings is 1. The normalized spacial score (nSPS) is 16.0. The number of Topliss-reactive ketones (excluding diaryl/α,β-unsaturated/α-hetero) is 1. The quantitative estimate of drug-likeness (QED) is 0.750. The summed E-state index contributed by atoms with van der Waals surface area (Å²) in [5.41, 5.74) is 2.36. The van der Waals surface area contributed by atoms with E-state index in [0.717, 1.165) is 11.3 Å². The molecule has 0 aliphatic carbocycles. The highest BCUT2D eigenvalue weighted by molar-refractivity contribution is 9.10. The molecule has 2 heterocycles. The third-order valence-corrected chi connectivity index (χ3v) is 4.88. The smallest absolute Gasteiger partial charge is 0.229 e. The molecule has 0 spiro atoms. The lowest BCUT2D eigenvalue weighted by atomic mass is 9.92. The van der Waals surface area contributed by atoms with Gasteiger partial charge in [0.1, 0.15) is 6.26 Å². The highest BCUT2D eigenvalue weighted by Crippen LogP contribution is 2.41. The van der Waals surface area contributed by atoms with Gasteiger partial charge in [-0.3, -0.25) is 9.78 Å². The molecule has 3 rings (SSSR count). The van der Waals surface area contributed by atoms with Crippen molar-refractivity contribution in [3.05, 3.63) is 77.5 Å². The Bertz CT molecular complexity index is 745. The number of nitrogens with zero attached hydrogens (tertiary/aromatic N) is 1. The topological polar surface area (TPSA) is 48.4 Å². The molecule has 1 atom stereocenters. The predicted octanol–water partition coefficient (Wildman–Crippen LogP) is 3.64. The fraction of sp³-hybridized carbons (Fsp3) is 0.222. The van der Waals surface area contributed by atoms with E-state index in [1.54, 1.807) is 0 Å². The number of allylic oxidation sites excluding steroid dienone is 1. The number of hydrogen-bond acceptors (Lipinski definition) is 4. The highest BCUT2D eigenvalue weighted by atomic mass is 79.9. The van der Waals surface area contributed by atoms with E-state index in [4.69, 9.17) is 9.47 Å². The summed E-state index contributed by atoms with van der Waals surface area (Å²) < 4.78 is 9.52. The van der Waals surface area contributed by atoms with Gasteiger partial charge in [-0.1, -0.05) is 52.3 Å². The van der Waals surface area contributed by atoms with Crippen LogP contribution in [0.4, 0.5) is 0 Å². The van der Waals surface area contributed by atoms with Crippen LogP contribution in [0.15, 0.2) is 60.6 Å². The number of aryl methyl sites for hydroxylation is 1. The molecule has 23 heavy (non-hydrogen) atoms. The molecule has 0 bridgehead atoms. The van der Waals surface area contributed by atoms with E-state index in [9.17, 15) is 4.79 Å². The van der Waals surface area contributed by atoms with Gasteiger partial charge >= 0.3 is 0 Å². The molecule has 5 heteroatoms. The average Bonchev–Trinajstić information content (AvgIpc) is 3.10. The van der Waals surface area contributed by atoms with Crippen molar-refractivity contribution >= 4 is 21.7 Å². The summed E-state index contributed by atoms with van der Waals surface area (Å²) >= 11 is 3.59. The standard InChI is InChI=1S/C18H16BrNO3/c1-13-6-5-9-15(20-13)18(19,17-11-22-12-23-17)16(21)10-14-7-3-2-4-8-14/h2-9,11H,10,12H2,1H3. The summed E-state index contributed by atoms with van der Waals surface area (Å²) in [7, 11) is 0. The summed E-state index contributed by atoms with van der Waals surface area (Å²) in [4.78, 5) is 17.6. The molecule has 1 unspecified atom stereocenters. The van der Waals surface area contributed by atoms with Crippen LogP contribution in [0.5, 0.6) is 0 Å². The van der Waals surface area contributed by atoms with E-state index < -0.39 is 4.32 Å². The molecule has 0 saturated carbocycles. The summed E-state index contributed by atoms with van der Waals surface area (Å²) in [6.45, 7) is 1.99. The molecule has 1 aliphatic rings. The van der Waals surface area contributed by atoms with Crippen molar-refractivity contribution in [3.63, 3.8) is 0 Å². The highest BCUT2D eigenvalue weighted by Gasteiger charge is 2.45. The zero-order valence-electron chi connectivity index (χ0n) is 12.7. The summed E-state index contributed by atoms with van der Waals surface area (Å²) in [6, 6.07) is 15.2. The molecule has 118 valence electrons. The van der Waals surface area contributed by atoms with Crippen LogP contribution in [0.3, 0.4) is 0 Å². The van der Waals surface area contributed by atoms with Gasteiger partial charge in [0.2, 0.25) is 6.79 Å². The van der Waals surface area contributed by atoms with Gasteiger partial charge in [0.05, 0.1) is 5.69 Å². The van der Waals surface area contributed by atoms with E-state index in [-0.39, 0.29) is 19.0 Å². The number of aromatic nitrogens is 1. The van der Waals surface area contributed by atoms with Crippen LogP contribution < -0.4 is 0 Å². The first-order valence-corrected chi connectivity index (χ1v) is 8.05. The second-order valence-electron chi connectivity index (χ2n) is 5.32. The largest absolute Gasteiger partial charge is 0.462 e. The fourth-order valence-corrected chi connectivity index (χ4v) is 3.04. The maximum Gasteiger partial charge on any atom is 0.229 e. The number of rotatable bonds is 5. The third-order valence-electron chi connectivity index (χ3n) is 3.65. The predicted molar refractivity (Wildman–Crippen MR) is 89.9 cm³/mol. The first-order chi connectivity index (χ1) is 11.1. The van der Waals surface area contributed by atoms with Crippen molar-refractivity contribution in [2.75, 3.05) is 6.79 Å². The SMILES string of the molecule is Cc1cccc(C(Br)(C(=O)Cc2ccccc2)C2=COCO2)n1. The first kappa shape index (κ1) is 15.7. The number of ketones is 1. The third kappa shape index (κ3) is 3.15. The Morgan fingerprint density at radius 3 is 2.65 bits per heavy atom. The molecular formula is C18H16BrNO3.